The number of thiocarbonyl (C=S) groups is 1. The van der Waals surface area contributed by atoms with E-state index in [2.05, 4.69) is 15.8 Å². The van der Waals surface area contributed by atoms with Gasteiger partial charge in [-0.3, -0.25) is 5.43 Å². The van der Waals surface area contributed by atoms with Gasteiger partial charge in [0.2, 0.25) is 0 Å². The molecule has 3 atom stereocenters. The summed E-state index contributed by atoms with van der Waals surface area (Å²) in [5.74, 6) is 1.76. The number of nitrogens with one attached hydrogen (secondary N) is 2. The van der Waals surface area contributed by atoms with Crippen molar-refractivity contribution in [3.05, 3.63) is 22.4 Å². The first kappa shape index (κ1) is 12.1. The average molecular weight is 279 g/mol. The van der Waals surface area contributed by atoms with Crippen molar-refractivity contribution in [2.24, 2.45) is 16.9 Å². The van der Waals surface area contributed by atoms with Crippen molar-refractivity contribution in [1.82, 2.24) is 10.7 Å². The zero-order chi connectivity index (χ0) is 12.4. The largest absolute Gasteiger partial charge is 0.358 e. The fourth-order valence-corrected chi connectivity index (χ4v) is 3.93. The second-order valence-corrected chi connectivity index (χ2v) is 6.53. The van der Waals surface area contributed by atoms with Crippen molar-refractivity contribution in [3.63, 3.8) is 0 Å². The molecule has 1 aromatic rings. The monoisotopic (exact) mass is 279 g/mol. The van der Waals surface area contributed by atoms with E-state index in [0.717, 1.165) is 16.7 Å². The molecule has 5 heteroatoms. The lowest BCUT2D eigenvalue weighted by Gasteiger charge is -2.23. The predicted molar refractivity (Wildman–Crippen MR) is 80.0 cm³/mol. The molecule has 1 aromatic heterocycles. The van der Waals surface area contributed by atoms with Crippen LogP contribution in [-0.4, -0.2) is 17.4 Å². The Bertz CT molecular complexity index is 441. The highest BCUT2D eigenvalue weighted by Crippen LogP contribution is 2.44. The number of hydrazone groups is 1. The third-order valence-electron chi connectivity index (χ3n) is 3.96. The molecule has 2 aliphatic rings. The van der Waals surface area contributed by atoms with Gasteiger partial charge in [0.1, 0.15) is 0 Å². The normalized spacial score (nSPS) is 29.9. The maximum atomic E-state index is 5.27. The van der Waals surface area contributed by atoms with Gasteiger partial charge in [-0.1, -0.05) is 12.5 Å². The molecule has 3 nitrogen and oxygen atoms in total. The molecule has 2 bridgehead atoms. The van der Waals surface area contributed by atoms with Crippen LogP contribution in [0.1, 0.15) is 30.6 Å². The van der Waals surface area contributed by atoms with E-state index in [0.29, 0.717) is 11.2 Å². The number of fused-ring (bicyclic) bond motifs is 2. The highest BCUT2D eigenvalue weighted by Gasteiger charge is 2.39. The lowest BCUT2D eigenvalue weighted by molar-refractivity contribution is 0.389. The Morgan fingerprint density at radius 2 is 2.39 bits per heavy atom. The number of hydrogen-bond donors (Lipinski definition) is 2. The third-order valence-corrected chi connectivity index (χ3v) is 4.97. The molecule has 3 rings (SSSR count). The summed E-state index contributed by atoms with van der Waals surface area (Å²) in [5, 5.41) is 10.2. The summed E-state index contributed by atoms with van der Waals surface area (Å²) in [6.45, 7) is 0. The first-order chi connectivity index (χ1) is 8.81. The van der Waals surface area contributed by atoms with E-state index in [-0.39, 0.29) is 0 Å². The molecule has 96 valence electrons. The molecule has 0 aliphatic heterocycles. The molecule has 2 saturated carbocycles. The van der Waals surface area contributed by atoms with Crippen molar-refractivity contribution in [3.8, 4) is 0 Å². The van der Waals surface area contributed by atoms with E-state index in [1.165, 1.54) is 25.7 Å². The molecular weight excluding hydrogens is 262 g/mol. The van der Waals surface area contributed by atoms with Crippen LogP contribution in [0.3, 0.4) is 0 Å². The SMILES string of the molecule is S=C(N/N=C\c1cccs1)N[C@H]1C[C@H]2CC[C@@H]1C2. The van der Waals surface area contributed by atoms with Gasteiger partial charge in [0, 0.05) is 10.9 Å². The van der Waals surface area contributed by atoms with Crippen LogP contribution in [0.2, 0.25) is 0 Å². The molecule has 2 aliphatic carbocycles. The van der Waals surface area contributed by atoms with E-state index in [1.807, 2.05) is 17.5 Å². The van der Waals surface area contributed by atoms with Crippen molar-refractivity contribution >= 4 is 34.9 Å². The molecule has 0 saturated heterocycles. The molecule has 0 aromatic carbocycles. The Labute approximate surface area is 117 Å². The van der Waals surface area contributed by atoms with Crippen molar-refractivity contribution in [2.45, 2.75) is 31.7 Å². The molecule has 0 unspecified atom stereocenters. The lowest BCUT2D eigenvalue weighted by atomic mass is 9.96. The number of hydrogen-bond acceptors (Lipinski definition) is 3. The van der Waals surface area contributed by atoms with Gasteiger partial charge in [0.15, 0.2) is 5.11 Å². The van der Waals surface area contributed by atoms with Crippen LogP contribution in [0.5, 0.6) is 0 Å². The van der Waals surface area contributed by atoms with Gasteiger partial charge >= 0.3 is 0 Å². The van der Waals surface area contributed by atoms with Crippen LogP contribution < -0.4 is 10.7 Å². The molecule has 18 heavy (non-hydrogen) atoms. The second kappa shape index (κ2) is 5.36. The summed E-state index contributed by atoms with van der Waals surface area (Å²) in [6, 6.07) is 4.61. The van der Waals surface area contributed by atoms with Crippen LogP contribution in [0.15, 0.2) is 22.6 Å². The van der Waals surface area contributed by atoms with Gasteiger partial charge in [0.25, 0.3) is 0 Å². The molecular formula is C13H17N3S2. The maximum Gasteiger partial charge on any atom is 0.187 e. The zero-order valence-corrected chi connectivity index (χ0v) is 11.8. The minimum absolute atomic E-state index is 0.570. The first-order valence-corrected chi connectivity index (χ1v) is 7.73. The topological polar surface area (TPSA) is 36.4 Å². The van der Waals surface area contributed by atoms with Crippen LogP contribution >= 0.6 is 23.6 Å². The Balaban J connectivity index is 1.45. The Kier molecular flexibility index (Phi) is 3.61. The van der Waals surface area contributed by atoms with Crippen LogP contribution in [0, 0.1) is 11.8 Å². The molecule has 2 fully saturated rings. The maximum absolute atomic E-state index is 5.27. The minimum atomic E-state index is 0.570. The number of rotatable bonds is 3. The smallest absolute Gasteiger partial charge is 0.187 e. The molecule has 0 spiro atoms. The predicted octanol–water partition coefficient (Wildman–Crippen LogP) is 2.73. The standard InChI is InChI=1S/C13H17N3S2/c17-13(16-14-8-11-2-1-5-18-11)15-12-7-9-3-4-10(12)6-9/h1-2,5,8-10,12H,3-4,6-7H2,(H2,15,16,17)/b14-8-/t9-,10+,12-/m0/s1. The lowest BCUT2D eigenvalue weighted by Crippen LogP contribution is -2.42. The Morgan fingerprint density at radius 3 is 3.06 bits per heavy atom. The van der Waals surface area contributed by atoms with E-state index in [4.69, 9.17) is 12.2 Å². The fourth-order valence-electron chi connectivity index (χ4n) is 3.14. The highest BCUT2D eigenvalue weighted by atomic mass is 32.1. The van der Waals surface area contributed by atoms with Crippen LogP contribution in [-0.2, 0) is 0 Å². The van der Waals surface area contributed by atoms with Crippen molar-refractivity contribution in [1.29, 1.82) is 0 Å². The van der Waals surface area contributed by atoms with E-state index in [9.17, 15) is 0 Å². The quantitative estimate of drug-likeness (QED) is 0.507. The van der Waals surface area contributed by atoms with Crippen LogP contribution in [0.4, 0.5) is 0 Å². The number of nitrogens with zero attached hydrogens (tertiary/aromatic N) is 1. The van der Waals surface area contributed by atoms with Gasteiger partial charge in [0.05, 0.1) is 6.21 Å². The van der Waals surface area contributed by atoms with E-state index >= 15 is 0 Å². The Hall–Kier alpha value is -0.940. The highest BCUT2D eigenvalue weighted by molar-refractivity contribution is 7.80. The summed E-state index contributed by atoms with van der Waals surface area (Å²) in [7, 11) is 0. The first-order valence-electron chi connectivity index (χ1n) is 6.44. The van der Waals surface area contributed by atoms with Gasteiger partial charge in [-0.05, 0) is 54.8 Å². The third kappa shape index (κ3) is 2.72. The van der Waals surface area contributed by atoms with Crippen molar-refractivity contribution in [2.75, 3.05) is 0 Å². The average Bonchev–Trinajstić information content (AvgIpc) is 3.04. The molecule has 0 amide bonds. The summed E-state index contributed by atoms with van der Waals surface area (Å²) in [5.41, 5.74) is 2.90. The summed E-state index contributed by atoms with van der Waals surface area (Å²) in [4.78, 5) is 1.13. The summed E-state index contributed by atoms with van der Waals surface area (Å²) < 4.78 is 0. The molecule has 0 radical (unpaired) electrons. The number of thiophene rings is 1. The van der Waals surface area contributed by atoms with Gasteiger partial charge < -0.3 is 5.32 Å². The van der Waals surface area contributed by atoms with E-state index in [1.54, 1.807) is 17.6 Å². The van der Waals surface area contributed by atoms with E-state index < -0.39 is 0 Å². The minimum Gasteiger partial charge on any atom is -0.358 e. The fraction of sp³-hybridized carbons (Fsp3) is 0.538. The molecule has 2 N–H and O–H groups in total. The van der Waals surface area contributed by atoms with Crippen LogP contribution in [0.25, 0.3) is 0 Å². The van der Waals surface area contributed by atoms with Crippen molar-refractivity contribution < 1.29 is 0 Å². The summed E-state index contributed by atoms with van der Waals surface area (Å²) >= 11 is 6.93. The Morgan fingerprint density at radius 1 is 1.44 bits per heavy atom. The zero-order valence-electron chi connectivity index (χ0n) is 10.1. The van der Waals surface area contributed by atoms with Gasteiger partial charge in [-0.2, -0.15) is 5.10 Å². The summed E-state index contributed by atoms with van der Waals surface area (Å²) in [6.07, 6.45) is 7.25. The second-order valence-electron chi connectivity index (χ2n) is 5.14. The van der Waals surface area contributed by atoms with Gasteiger partial charge in [-0.25, -0.2) is 0 Å². The van der Waals surface area contributed by atoms with Gasteiger partial charge in [-0.15, -0.1) is 11.3 Å². The molecule has 1 heterocycles.